The van der Waals surface area contributed by atoms with Gasteiger partial charge in [-0.05, 0) is 31.6 Å². The molecule has 1 aliphatic carbocycles. The van der Waals surface area contributed by atoms with E-state index >= 15 is 0 Å². The summed E-state index contributed by atoms with van der Waals surface area (Å²) >= 11 is 0. The fourth-order valence-corrected chi connectivity index (χ4v) is 3.58. The predicted octanol–water partition coefficient (Wildman–Crippen LogP) is 4.05. The first-order valence-electron chi connectivity index (χ1n) is 8.31. The molecular formula is C17H34O3. The van der Waals surface area contributed by atoms with E-state index in [4.69, 9.17) is 14.2 Å². The number of methoxy groups -OCH3 is 2. The summed E-state index contributed by atoms with van der Waals surface area (Å²) < 4.78 is 17.3. The quantitative estimate of drug-likeness (QED) is 0.606. The van der Waals surface area contributed by atoms with E-state index in [0.29, 0.717) is 12.0 Å². The Morgan fingerprint density at radius 3 is 1.90 bits per heavy atom. The molecule has 0 aliphatic heterocycles. The molecule has 120 valence electrons. The van der Waals surface area contributed by atoms with Crippen LogP contribution in [0.15, 0.2) is 0 Å². The molecule has 0 aromatic rings. The van der Waals surface area contributed by atoms with Gasteiger partial charge in [0.05, 0.1) is 25.9 Å². The largest absolute Gasteiger partial charge is 0.384 e. The molecular weight excluding hydrogens is 252 g/mol. The molecule has 0 aromatic heterocycles. The number of hydrogen-bond acceptors (Lipinski definition) is 3. The molecule has 1 fully saturated rings. The van der Waals surface area contributed by atoms with Crippen molar-refractivity contribution >= 4 is 0 Å². The summed E-state index contributed by atoms with van der Waals surface area (Å²) in [6, 6.07) is 0. The minimum atomic E-state index is 0.0342. The summed E-state index contributed by atoms with van der Waals surface area (Å²) in [6.07, 6.45) is 9.16. The van der Waals surface area contributed by atoms with Crippen LogP contribution in [0.5, 0.6) is 0 Å². The van der Waals surface area contributed by atoms with Crippen molar-refractivity contribution in [1.29, 1.82) is 0 Å². The molecule has 0 radical (unpaired) electrons. The summed E-state index contributed by atoms with van der Waals surface area (Å²) in [7, 11) is 3.59. The Bertz CT molecular complexity index is 226. The molecule has 0 aromatic carbocycles. The van der Waals surface area contributed by atoms with E-state index < -0.39 is 0 Å². The summed E-state index contributed by atoms with van der Waals surface area (Å²) in [6.45, 7) is 6.65. The van der Waals surface area contributed by atoms with Gasteiger partial charge in [-0.15, -0.1) is 0 Å². The van der Waals surface area contributed by atoms with Crippen molar-refractivity contribution in [2.75, 3.05) is 34.0 Å². The van der Waals surface area contributed by atoms with Crippen molar-refractivity contribution in [3.05, 3.63) is 0 Å². The Balaban J connectivity index is 2.73. The van der Waals surface area contributed by atoms with Gasteiger partial charge in [0.25, 0.3) is 0 Å². The zero-order valence-electron chi connectivity index (χ0n) is 14.0. The highest BCUT2D eigenvalue weighted by molar-refractivity contribution is 4.88. The molecule has 0 atom stereocenters. The van der Waals surface area contributed by atoms with E-state index in [-0.39, 0.29) is 5.41 Å². The monoisotopic (exact) mass is 286 g/mol. The maximum Gasteiger partial charge on any atom is 0.0573 e. The number of hydrogen-bond donors (Lipinski definition) is 0. The van der Waals surface area contributed by atoms with Crippen LogP contribution in [0.25, 0.3) is 0 Å². The molecule has 1 aliphatic rings. The number of rotatable bonds is 10. The fraction of sp³-hybridized carbons (Fsp3) is 1.00. The maximum atomic E-state index is 6.20. The van der Waals surface area contributed by atoms with Gasteiger partial charge in [-0.1, -0.05) is 33.1 Å². The van der Waals surface area contributed by atoms with E-state index in [0.717, 1.165) is 32.7 Å². The lowest BCUT2D eigenvalue weighted by Crippen LogP contribution is -2.45. The van der Waals surface area contributed by atoms with Crippen molar-refractivity contribution in [2.24, 2.45) is 11.3 Å². The first-order chi connectivity index (χ1) is 9.72. The zero-order chi connectivity index (χ0) is 14.8. The van der Waals surface area contributed by atoms with Crippen LogP contribution < -0.4 is 0 Å². The Hall–Kier alpha value is -0.120. The third-order valence-corrected chi connectivity index (χ3v) is 4.85. The van der Waals surface area contributed by atoms with Gasteiger partial charge in [-0.3, -0.25) is 0 Å². The van der Waals surface area contributed by atoms with Gasteiger partial charge in [0.1, 0.15) is 0 Å². The molecule has 0 N–H and O–H groups in total. The first-order valence-corrected chi connectivity index (χ1v) is 8.31. The molecule has 20 heavy (non-hydrogen) atoms. The van der Waals surface area contributed by atoms with E-state index in [1.807, 2.05) is 0 Å². The van der Waals surface area contributed by atoms with Crippen LogP contribution in [-0.2, 0) is 14.2 Å². The van der Waals surface area contributed by atoms with E-state index in [9.17, 15) is 0 Å². The Kier molecular flexibility index (Phi) is 8.74. The smallest absolute Gasteiger partial charge is 0.0573 e. The highest BCUT2D eigenvalue weighted by Crippen LogP contribution is 2.40. The third kappa shape index (κ3) is 5.01. The van der Waals surface area contributed by atoms with Gasteiger partial charge in [0.2, 0.25) is 0 Å². The summed E-state index contributed by atoms with van der Waals surface area (Å²) in [4.78, 5) is 0. The van der Waals surface area contributed by atoms with Gasteiger partial charge in [0.15, 0.2) is 0 Å². The molecule has 3 nitrogen and oxygen atoms in total. The van der Waals surface area contributed by atoms with Crippen LogP contribution in [0, 0.1) is 11.3 Å². The van der Waals surface area contributed by atoms with Gasteiger partial charge in [0, 0.05) is 19.6 Å². The molecule has 1 saturated carbocycles. The van der Waals surface area contributed by atoms with Gasteiger partial charge >= 0.3 is 0 Å². The first kappa shape index (κ1) is 17.9. The second kappa shape index (κ2) is 9.75. The Morgan fingerprint density at radius 2 is 1.45 bits per heavy atom. The van der Waals surface area contributed by atoms with Crippen molar-refractivity contribution in [2.45, 2.75) is 64.9 Å². The standard InChI is InChI=1S/C17H34O3/c1-5-16(6-2)20-14-17(12-18-3,13-19-4)15-10-8-7-9-11-15/h15-16H,5-14H2,1-4H3. The second-order valence-electron chi connectivity index (χ2n) is 6.31. The van der Waals surface area contributed by atoms with Crippen LogP contribution in [0.4, 0.5) is 0 Å². The normalized spacial score (nSPS) is 17.9. The van der Waals surface area contributed by atoms with Crippen molar-refractivity contribution in [3.8, 4) is 0 Å². The SMILES string of the molecule is CCC(CC)OCC(COC)(COC)C1CCCCC1. The van der Waals surface area contributed by atoms with Crippen LogP contribution in [0.1, 0.15) is 58.8 Å². The minimum Gasteiger partial charge on any atom is -0.384 e. The highest BCUT2D eigenvalue weighted by Gasteiger charge is 2.40. The second-order valence-corrected chi connectivity index (χ2v) is 6.31. The summed E-state index contributed by atoms with van der Waals surface area (Å²) in [5, 5.41) is 0. The summed E-state index contributed by atoms with van der Waals surface area (Å²) in [5.41, 5.74) is 0.0342. The summed E-state index contributed by atoms with van der Waals surface area (Å²) in [5.74, 6) is 0.672. The number of ether oxygens (including phenoxy) is 3. The molecule has 0 spiro atoms. The molecule has 0 saturated heterocycles. The highest BCUT2D eigenvalue weighted by atomic mass is 16.5. The van der Waals surface area contributed by atoms with Crippen LogP contribution in [-0.4, -0.2) is 40.1 Å². The third-order valence-electron chi connectivity index (χ3n) is 4.85. The lowest BCUT2D eigenvalue weighted by molar-refractivity contribution is -0.109. The van der Waals surface area contributed by atoms with Crippen LogP contribution >= 0.6 is 0 Å². The van der Waals surface area contributed by atoms with Crippen LogP contribution in [0.2, 0.25) is 0 Å². The predicted molar refractivity (Wildman–Crippen MR) is 83.1 cm³/mol. The molecule has 0 unspecified atom stereocenters. The zero-order valence-corrected chi connectivity index (χ0v) is 14.0. The lowest BCUT2D eigenvalue weighted by atomic mass is 9.70. The minimum absolute atomic E-state index is 0.0342. The Labute approximate surface area is 125 Å². The van der Waals surface area contributed by atoms with Crippen LogP contribution in [0.3, 0.4) is 0 Å². The van der Waals surface area contributed by atoms with Gasteiger partial charge < -0.3 is 14.2 Å². The van der Waals surface area contributed by atoms with Gasteiger partial charge in [-0.25, -0.2) is 0 Å². The molecule has 0 amide bonds. The molecule has 0 heterocycles. The molecule has 0 bridgehead atoms. The maximum absolute atomic E-state index is 6.20. The average molecular weight is 286 g/mol. The topological polar surface area (TPSA) is 27.7 Å². The van der Waals surface area contributed by atoms with E-state index in [1.54, 1.807) is 14.2 Å². The van der Waals surface area contributed by atoms with Gasteiger partial charge in [-0.2, -0.15) is 0 Å². The molecule has 3 heteroatoms. The van der Waals surface area contributed by atoms with Crippen molar-refractivity contribution < 1.29 is 14.2 Å². The molecule has 1 rings (SSSR count). The lowest BCUT2D eigenvalue weighted by Gasteiger charge is -2.42. The van der Waals surface area contributed by atoms with Crippen molar-refractivity contribution in [3.63, 3.8) is 0 Å². The average Bonchev–Trinajstić information content (AvgIpc) is 2.49. The van der Waals surface area contributed by atoms with Crippen molar-refractivity contribution in [1.82, 2.24) is 0 Å². The van der Waals surface area contributed by atoms with E-state index in [2.05, 4.69) is 13.8 Å². The Morgan fingerprint density at radius 1 is 0.900 bits per heavy atom. The fourth-order valence-electron chi connectivity index (χ4n) is 3.58. The van der Waals surface area contributed by atoms with E-state index in [1.165, 1.54) is 32.1 Å².